The Balaban J connectivity index is 1.49. The first kappa shape index (κ1) is 27.4. The third-order valence-corrected chi connectivity index (χ3v) is 7.46. The number of carbonyl (C=O) groups is 1. The third-order valence-electron chi connectivity index (χ3n) is 7.46. The number of benzene rings is 1. The molecule has 5 rings (SSSR count). The Kier molecular flexibility index (Phi) is 7.62. The maximum absolute atomic E-state index is 12.4. The summed E-state index contributed by atoms with van der Waals surface area (Å²) in [6.07, 6.45) is 7.02. The summed E-state index contributed by atoms with van der Waals surface area (Å²) in [6, 6.07) is 10.1. The van der Waals surface area contributed by atoms with E-state index in [1.54, 1.807) is 13.3 Å². The highest BCUT2D eigenvalue weighted by atomic mass is 16.5. The number of nitrogens with zero attached hydrogens (tertiary/aromatic N) is 6. The first-order valence-corrected chi connectivity index (χ1v) is 13.6. The molecule has 0 saturated carbocycles. The van der Waals surface area contributed by atoms with Crippen molar-refractivity contribution in [3.8, 4) is 5.75 Å². The van der Waals surface area contributed by atoms with Crippen molar-refractivity contribution in [3.05, 3.63) is 61.1 Å². The van der Waals surface area contributed by atoms with E-state index in [1.807, 2.05) is 30.5 Å². The van der Waals surface area contributed by atoms with Gasteiger partial charge in [-0.05, 0) is 57.3 Å². The fourth-order valence-corrected chi connectivity index (χ4v) is 5.70. The van der Waals surface area contributed by atoms with Crippen molar-refractivity contribution in [2.45, 2.75) is 38.1 Å². The summed E-state index contributed by atoms with van der Waals surface area (Å²) < 4.78 is 5.82. The van der Waals surface area contributed by atoms with E-state index in [0.29, 0.717) is 29.1 Å². The maximum Gasteiger partial charge on any atom is 0.247 e. The lowest BCUT2D eigenvalue weighted by atomic mass is 9.91. The zero-order valence-electron chi connectivity index (χ0n) is 23.9. The normalized spacial score (nSPS) is 17.6. The van der Waals surface area contributed by atoms with E-state index in [0.717, 1.165) is 55.4 Å². The van der Waals surface area contributed by atoms with Crippen molar-refractivity contribution in [2.24, 2.45) is 0 Å². The molecule has 40 heavy (non-hydrogen) atoms. The van der Waals surface area contributed by atoms with Gasteiger partial charge in [0.2, 0.25) is 11.9 Å². The molecule has 2 aromatic heterocycles. The Bertz CT molecular complexity index is 1410. The van der Waals surface area contributed by atoms with Crippen molar-refractivity contribution in [1.29, 1.82) is 0 Å². The summed E-state index contributed by atoms with van der Waals surface area (Å²) in [6.45, 7) is 10.6. The van der Waals surface area contributed by atoms with Crippen molar-refractivity contribution < 1.29 is 9.53 Å². The summed E-state index contributed by atoms with van der Waals surface area (Å²) in [5, 5.41) is 6.33. The molecule has 2 aliphatic rings. The van der Waals surface area contributed by atoms with Gasteiger partial charge in [-0.25, -0.2) is 4.98 Å². The van der Waals surface area contributed by atoms with E-state index in [9.17, 15) is 4.79 Å². The van der Waals surface area contributed by atoms with Gasteiger partial charge in [-0.3, -0.25) is 9.78 Å². The summed E-state index contributed by atoms with van der Waals surface area (Å²) in [7, 11) is 5.80. The predicted octanol–water partition coefficient (Wildman–Crippen LogP) is 4.71. The Morgan fingerprint density at radius 1 is 1.20 bits per heavy atom. The van der Waals surface area contributed by atoms with Crippen molar-refractivity contribution in [2.75, 3.05) is 61.3 Å². The molecule has 0 bridgehead atoms. The number of hydrogen-bond acceptors (Lipinski definition) is 9. The SMILES string of the molecule is C=CC(=O)Nc1cc(Nc2nccc(N3CC(C)(C)c4ncccc43)n2)c(OC)cc1N1CCC[C@@H]1CN(C)C. The van der Waals surface area contributed by atoms with Gasteiger partial charge < -0.3 is 30.1 Å². The van der Waals surface area contributed by atoms with Crippen LogP contribution in [0, 0.1) is 0 Å². The largest absolute Gasteiger partial charge is 0.494 e. The van der Waals surface area contributed by atoms with Gasteiger partial charge in [-0.15, -0.1) is 0 Å². The quantitative estimate of drug-likeness (QED) is 0.373. The first-order valence-electron chi connectivity index (χ1n) is 13.6. The molecule has 0 spiro atoms. The van der Waals surface area contributed by atoms with Crippen LogP contribution in [0.15, 0.2) is 55.4 Å². The molecular weight excluding hydrogens is 504 g/mol. The monoisotopic (exact) mass is 542 g/mol. The summed E-state index contributed by atoms with van der Waals surface area (Å²) in [5.74, 6) is 1.55. The van der Waals surface area contributed by atoms with Gasteiger partial charge in [0.25, 0.3) is 0 Å². The minimum atomic E-state index is -0.275. The molecule has 2 aliphatic heterocycles. The third kappa shape index (κ3) is 5.44. The molecule has 210 valence electrons. The summed E-state index contributed by atoms with van der Waals surface area (Å²) >= 11 is 0. The lowest BCUT2D eigenvalue weighted by molar-refractivity contribution is -0.111. The molecule has 10 nitrogen and oxygen atoms in total. The van der Waals surface area contributed by atoms with Crippen LogP contribution in [-0.4, -0.2) is 72.6 Å². The highest BCUT2D eigenvalue weighted by molar-refractivity contribution is 6.02. The average molecular weight is 543 g/mol. The molecule has 1 atom stereocenters. The lowest BCUT2D eigenvalue weighted by Crippen LogP contribution is -2.38. The molecule has 0 aliphatic carbocycles. The van der Waals surface area contributed by atoms with E-state index < -0.39 is 0 Å². The zero-order valence-corrected chi connectivity index (χ0v) is 23.9. The Morgan fingerprint density at radius 2 is 2.02 bits per heavy atom. The number of methoxy groups -OCH3 is 1. The predicted molar refractivity (Wildman–Crippen MR) is 160 cm³/mol. The van der Waals surface area contributed by atoms with Gasteiger partial charge in [0.15, 0.2) is 0 Å². The Hall–Kier alpha value is -4.18. The van der Waals surface area contributed by atoms with Crippen LogP contribution in [0.1, 0.15) is 32.4 Å². The van der Waals surface area contributed by atoms with Crippen LogP contribution < -0.4 is 25.2 Å². The number of carbonyl (C=O) groups excluding carboxylic acids is 1. The van der Waals surface area contributed by atoms with Gasteiger partial charge >= 0.3 is 0 Å². The van der Waals surface area contributed by atoms with Crippen LogP contribution in [-0.2, 0) is 10.2 Å². The molecule has 1 saturated heterocycles. The molecule has 0 radical (unpaired) electrons. The van der Waals surface area contributed by atoms with Crippen molar-refractivity contribution in [1.82, 2.24) is 19.9 Å². The second-order valence-electron chi connectivity index (χ2n) is 11.2. The van der Waals surface area contributed by atoms with Gasteiger partial charge in [-0.1, -0.05) is 20.4 Å². The minimum absolute atomic E-state index is 0.105. The zero-order chi connectivity index (χ0) is 28.4. The molecular formula is C30H38N8O2. The van der Waals surface area contributed by atoms with E-state index in [1.165, 1.54) is 6.08 Å². The van der Waals surface area contributed by atoms with Gasteiger partial charge in [-0.2, -0.15) is 4.98 Å². The number of fused-ring (bicyclic) bond motifs is 1. The second kappa shape index (κ2) is 11.1. The van der Waals surface area contributed by atoms with E-state index in [4.69, 9.17) is 9.72 Å². The van der Waals surface area contributed by atoms with Crippen LogP contribution in [0.5, 0.6) is 5.75 Å². The number of likely N-dealkylation sites (N-methyl/N-ethyl adjacent to an activating group) is 1. The molecule has 4 heterocycles. The van der Waals surface area contributed by atoms with Gasteiger partial charge in [0.1, 0.15) is 11.6 Å². The van der Waals surface area contributed by atoms with Gasteiger partial charge in [0, 0.05) is 49.6 Å². The van der Waals surface area contributed by atoms with Gasteiger partial charge in [0.05, 0.1) is 35.6 Å². The lowest BCUT2D eigenvalue weighted by Gasteiger charge is -2.31. The smallest absolute Gasteiger partial charge is 0.247 e. The van der Waals surface area contributed by atoms with Crippen LogP contribution in [0.3, 0.4) is 0 Å². The van der Waals surface area contributed by atoms with Crippen molar-refractivity contribution in [3.63, 3.8) is 0 Å². The molecule has 1 amide bonds. The highest BCUT2D eigenvalue weighted by Gasteiger charge is 2.37. The molecule has 1 aromatic carbocycles. The topological polar surface area (TPSA) is 98.8 Å². The molecule has 10 heteroatoms. The number of amides is 1. The fourth-order valence-electron chi connectivity index (χ4n) is 5.70. The Morgan fingerprint density at radius 3 is 2.77 bits per heavy atom. The fraction of sp³-hybridized carbons (Fsp3) is 0.400. The maximum atomic E-state index is 12.4. The number of ether oxygens (including phenoxy) is 1. The number of rotatable bonds is 9. The van der Waals surface area contributed by atoms with Crippen molar-refractivity contribution >= 4 is 40.4 Å². The number of anilines is 6. The van der Waals surface area contributed by atoms with Crippen LogP contribution >= 0.6 is 0 Å². The number of nitrogens with one attached hydrogen (secondary N) is 2. The number of pyridine rings is 1. The van der Waals surface area contributed by atoms with Crippen LogP contribution in [0.4, 0.5) is 34.5 Å². The van der Waals surface area contributed by atoms with E-state index in [-0.39, 0.29) is 11.3 Å². The van der Waals surface area contributed by atoms with Crippen LogP contribution in [0.25, 0.3) is 0 Å². The Labute approximate surface area is 236 Å². The highest BCUT2D eigenvalue weighted by Crippen LogP contribution is 2.43. The average Bonchev–Trinajstić information content (AvgIpc) is 3.50. The first-order chi connectivity index (χ1) is 19.2. The summed E-state index contributed by atoms with van der Waals surface area (Å²) in [5.41, 5.74) is 4.24. The van der Waals surface area contributed by atoms with E-state index >= 15 is 0 Å². The standard InChI is InChI=1S/C30H38N8O2/c1-7-27(39)33-21-16-22(25(40-6)17-24(21)37-15-9-10-20(37)18-36(4)5)34-29-32-14-12-26(35-29)38-19-30(2,3)28-23(38)11-8-13-31-28/h7-8,11-14,16-17,20H,1,9-10,15,18-19H2,2-6H3,(H,33,39)(H,32,34,35)/t20-/m1/s1. The summed E-state index contributed by atoms with van der Waals surface area (Å²) in [4.78, 5) is 33.1. The van der Waals surface area contributed by atoms with Crippen LogP contribution in [0.2, 0.25) is 0 Å². The molecule has 0 unspecified atom stereocenters. The number of aromatic nitrogens is 3. The minimum Gasteiger partial charge on any atom is -0.494 e. The van der Waals surface area contributed by atoms with E-state index in [2.05, 4.69) is 75.9 Å². The molecule has 2 N–H and O–H groups in total. The number of hydrogen-bond donors (Lipinski definition) is 2. The molecule has 3 aromatic rings. The molecule has 1 fully saturated rings. The second-order valence-corrected chi connectivity index (χ2v) is 11.2.